The second kappa shape index (κ2) is 14.7. The van der Waals surface area contributed by atoms with Crippen LogP contribution in [0.25, 0.3) is 0 Å². The lowest BCUT2D eigenvalue weighted by Gasteiger charge is -2.21. The Morgan fingerprint density at radius 2 is 1.62 bits per heavy atom. The normalized spacial score (nSPS) is 11.7. The highest BCUT2D eigenvalue weighted by atomic mass is 15.2. The molecule has 3 aromatic rings. The van der Waals surface area contributed by atoms with Gasteiger partial charge in [-0.3, -0.25) is 4.90 Å². The molecule has 2 aromatic heterocycles. The molecule has 0 spiro atoms. The molecule has 186 valence electrons. The van der Waals surface area contributed by atoms with Crippen molar-refractivity contribution in [3.8, 4) is 0 Å². The van der Waals surface area contributed by atoms with E-state index in [0.717, 1.165) is 44.4 Å². The fourth-order valence-electron chi connectivity index (χ4n) is 4.32. The first-order chi connectivity index (χ1) is 16.7. The SMILES string of the molecule is CCCN(CCC)CCCCNCc1ccc(CN(Cc2ncc[nH]2)Cc2nccn2C)cc1. The van der Waals surface area contributed by atoms with E-state index in [9.17, 15) is 0 Å². The lowest BCUT2D eigenvalue weighted by atomic mass is 10.1. The summed E-state index contributed by atoms with van der Waals surface area (Å²) in [6, 6.07) is 8.99. The number of H-pyrrole nitrogens is 1. The van der Waals surface area contributed by atoms with Crippen LogP contribution in [0.5, 0.6) is 0 Å². The molecule has 0 radical (unpaired) electrons. The number of nitrogens with zero attached hydrogens (tertiary/aromatic N) is 5. The van der Waals surface area contributed by atoms with Crippen molar-refractivity contribution in [2.24, 2.45) is 7.05 Å². The number of imidazole rings is 2. The maximum atomic E-state index is 4.50. The third kappa shape index (κ3) is 9.05. The van der Waals surface area contributed by atoms with E-state index in [1.165, 1.54) is 56.4 Å². The van der Waals surface area contributed by atoms with Crippen molar-refractivity contribution in [3.05, 3.63) is 71.8 Å². The number of nitrogens with one attached hydrogen (secondary N) is 2. The predicted molar refractivity (Wildman–Crippen MR) is 139 cm³/mol. The topological polar surface area (TPSA) is 65.0 Å². The molecule has 0 bridgehead atoms. The molecule has 0 saturated heterocycles. The molecule has 0 aliphatic heterocycles. The van der Waals surface area contributed by atoms with Gasteiger partial charge in [0.25, 0.3) is 0 Å². The highest BCUT2D eigenvalue weighted by Gasteiger charge is 2.12. The van der Waals surface area contributed by atoms with Crippen LogP contribution in [0, 0.1) is 0 Å². The second-order valence-corrected chi connectivity index (χ2v) is 9.18. The first-order valence-electron chi connectivity index (χ1n) is 12.9. The largest absolute Gasteiger partial charge is 0.348 e. The number of benzene rings is 1. The summed E-state index contributed by atoms with van der Waals surface area (Å²) in [5.41, 5.74) is 2.64. The maximum Gasteiger partial charge on any atom is 0.122 e. The van der Waals surface area contributed by atoms with Crippen molar-refractivity contribution in [1.29, 1.82) is 0 Å². The van der Waals surface area contributed by atoms with Gasteiger partial charge in [0, 0.05) is 44.9 Å². The fourth-order valence-corrected chi connectivity index (χ4v) is 4.32. The van der Waals surface area contributed by atoms with Crippen LogP contribution in [-0.4, -0.2) is 55.5 Å². The Morgan fingerprint density at radius 1 is 0.853 bits per heavy atom. The van der Waals surface area contributed by atoms with Crippen LogP contribution in [-0.2, 0) is 33.2 Å². The number of aryl methyl sites for hydroxylation is 1. The Labute approximate surface area is 205 Å². The van der Waals surface area contributed by atoms with Gasteiger partial charge in [-0.1, -0.05) is 38.1 Å². The van der Waals surface area contributed by atoms with Crippen LogP contribution >= 0.6 is 0 Å². The van der Waals surface area contributed by atoms with Gasteiger partial charge in [0.05, 0.1) is 13.1 Å². The molecule has 0 fully saturated rings. The minimum atomic E-state index is 0.761. The van der Waals surface area contributed by atoms with E-state index >= 15 is 0 Å². The van der Waals surface area contributed by atoms with E-state index in [1.54, 1.807) is 0 Å². The average molecular weight is 466 g/mol. The Balaban J connectivity index is 1.42. The number of hydrogen-bond donors (Lipinski definition) is 2. The van der Waals surface area contributed by atoms with Crippen molar-refractivity contribution in [2.45, 2.75) is 65.7 Å². The number of rotatable bonds is 17. The highest BCUT2D eigenvalue weighted by Crippen LogP contribution is 2.13. The van der Waals surface area contributed by atoms with Crippen LogP contribution in [0.4, 0.5) is 0 Å². The molecular weight excluding hydrogens is 422 g/mol. The monoisotopic (exact) mass is 465 g/mol. The summed E-state index contributed by atoms with van der Waals surface area (Å²) in [5, 5.41) is 3.61. The third-order valence-electron chi connectivity index (χ3n) is 6.13. The van der Waals surface area contributed by atoms with Crippen molar-refractivity contribution in [3.63, 3.8) is 0 Å². The summed E-state index contributed by atoms with van der Waals surface area (Å²) >= 11 is 0. The maximum absolute atomic E-state index is 4.50. The van der Waals surface area contributed by atoms with Crippen LogP contribution < -0.4 is 5.32 Å². The van der Waals surface area contributed by atoms with Crippen molar-refractivity contribution in [1.82, 2.24) is 34.6 Å². The van der Waals surface area contributed by atoms with E-state index in [4.69, 9.17) is 0 Å². The van der Waals surface area contributed by atoms with Crippen LogP contribution in [0.1, 0.15) is 62.3 Å². The van der Waals surface area contributed by atoms with Crippen molar-refractivity contribution in [2.75, 3.05) is 26.2 Å². The molecule has 0 aliphatic rings. The molecule has 0 saturated carbocycles. The van der Waals surface area contributed by atoms with Crippen LogP contribution in [0.3, 0.4) is 0 Å². The molecule has 3 rings (SSSR count). The molecule has 0 aliphatic carbocycles. The minimum Gasteiger partial charge on any atom is -0.348 e. The standard InChI is InChI=1S/C27H43N7/c1-4-16-33(17-5-2)18-7-6-12-28-20-24-8-10-25(11-9-24)21-34(22-26-29-13-14-30-26)23-27-31-15-19-32(27)3/h8-11,13-15,19,28H,4-7,12,16-18,20-23H2,1-3H3,(H,29,30). The first-order valence-corrected chi connectivity index (χ1v) is 12.9. The van der Waals surface area contributed by atoms with Gasteiger partial charge in [-0.15, -0.1) is 0 Å². The second-order valence-electron chi connectivity index (χ2n) is 9.18. The van der Waals surface area contributed by atoms with Crippen LogP contribution in [0.15, 0.2) is 49.1 Å². The summed E-state index contributed by atoms with van der Waals surface area (Å²) < 4.78 is 2.08. The van der Waals surface area contributed by atoms with E-state index < -0.39 is 0 Å². The van der Waals surface area contributed by atoms with Gasteiger partial charge in [0.1, 0.15) is 11.6 Å². The quantitative estimate of drug-likeness (QED) is 0.290. The summed E-state index contributed by atoms with van der Waals surface area (Å²) in [4.78, 5) is 17.1. The molecule has 2 heterocycles. The van der Waals surface area contributed by atoms with Gasteiger partial charge in [-0.2, -0.15) is 0 Å². The van der Waals surface area contributed by atoms with Gasteiger partial charge in [0.15, 0.2) is 0 Å². The number of hydrogen-bond acceptors (Lipinski definition) is 5. The summed E-state index contributed by atoms with van der Waals surface area (Å²) in [7, 11) is 2.04. The molecule has 0 amide bonds. The number of aromatic nitrogens is 4. The molecule has 7 heteroatoms. The van der Waals surface area contributed by atoms with Gasteiger partial charge in [-0.25, -0.2) is 9.97 Å². The smallest absolute Gasteiger partial charge is 0.122 e. The van der Waals surface area contributed by atoms with E-state index in [-0.39, 0.29) is 0 Å². The molecule has 7 nitrogen and oxygen atoms in total. The Bertz CT molecular complexity index is 895. The summed E-state index contributed by atoms with van der Waals surface area (Å²) in [5.74, 6) is 2.03. The lowest BCUT2D eigenvalue weighted by molar-refractivity contribution is 0.233. The minimum absolute atomic E-state index is 0.761. The average Bonchev–Trinajstić information content (AvgIpc) is 3.49. The Hall–Kier alpha value is -2.48. The van der Waals surface area contributed by atoms with E-state index in [0.29, 0.717) is 0 Å². The first kappa shape index (κ1) is 26.1. The van der Waals surface area contributed by atoms with E-state index in [1.807, 2.05) is 31.8 Å². The van der Waals surface area contributed by atoms with Gasteiger partial charge >= 0.3 is 0 Å². The van der Waals surface area contributed by atoms with Gasteiger partial charge < -0.3 is 19.8 Å². The fraction of sp³-hybridized carbons (Fsp3) is 0.556. The molecule has 0 unspecified atom stereocenters. The summed E-state index contributed by atoms with van der Waals surface area (Å²) in [6.07, 6.45) is 12.5. The zero-order valence-corrected chi connectivity index (χ0v) is 21.3. The zero-order chi connectivity index (χ0) is 24.0. The van der Waals surface area contributed by atoms with Crippen molar-refractivity contribution < 1.29 is 0 Å². The van der Waals surface area contributed by atoms with E-state index in [2.05, 4.69) is 72.7 Å². The molecule has 0 atom stereocenters. The molecular formula is C27H43N7. The van der Waals surface area contributed by atoms with Crippen LogP contribution in [0.2, 0.25) is 0 Å². The van der Waals surface area contributed by atoms with Gasteiger partial charge in [-0.05, 0) is 63.0 Å². The Morgan fingerprint density at radius 3 is 2.26 bits per heavy atom. The predicted octanol–water partition coefficient (Wildman–Crippen LogP) is 4.34. The zero-order valence-electron chi connectivity index (χ0n) is 21.3. The molecule has 34 heavy (non-hydrogen) atoms. The van der Waals surface area contributed by atoms with Gasteiger partial charge in [0.2, 0.25) is 0 Å². The highest BCUT2D eigenvalue weighted by molar-refractivity contribution is 5.22. The summed E-state index contributed by atoms with van der Waals surface area (Å²) in [6.45, 7) is 12.6. The number of unbranched alkanes of at least 4 members (excludes halogenated alkanes) is 1. The third-order valence-corrected chi connectivity index (χ3v) is 6.13. The number of aromatic amines is 1. The lowest BCUT2D eigenvalue weighted by Crippen LogP contribution is -2.27. The van der Waals surface area contributed by atoms with Crippen molar-refractivity contribution >= 4 is 0 Å². The molecule has 2 N–H and O–H groups in total. The Kier molecular flexibility index (Phi) is 11.3. The molecule has 1 aromatic carbocycles.